The van der Waals surface area contributed by atoms with E-state index >= 15 is 0 Å². The van der Waals surface area contributed by atoms with Gasteiger partial charge in [0.1, 0.15) is 5.69 Å². The van der Waals surface area contributed by atoms with Crippen molar-refractivity contribution in [2.75, 3.05) is 19.7 Å². The van der Waals surface area contributed by atoms with Crippen LogP contribution in [-0.2, 0) is 12.7 Å². The van der Waals surface area contributed by atoms with Crippen molar-refractivity contribution >= 4 is 10.9 Å². The van der Waals surface area contributed by atoms with Crippen LogP contribution < -0.4 is 5.32 Å². The van der Waals surface area contributed by atoms with Crippen molar-refractivity contribution in [3.05, 3.63) is 36.0 Å². The minimum Gasteiger partial charge on any atom is -0.395 e. The average Bonchev–Trinajstić information content (AvgIpc) is 2.74. The Kier molecular flexibility index (Phi) is 4.11. The molecule has 0 saturated carbocycles. The molecule has 6 heteroatoms. The maximum Gasteiger partial charge on any atom is 0.431 e. The molecule has 0 aliphatic rings. The van der Waals surface area contributed by atoms with E-state index in [1.54, 1.807) is 24.3 Å². The number of para-hydroxylation sites is 1. The van der Waals surface area contributed by atoms with Crippen molar-refractivity contribution < 1.29 is 18.3 Å². The van der Waals surface area contributed by atoms with Crippen LogP contribution >= 0.6 is 0 Å². The number of rotatable bonds is 5. The summed E-state index contributed by atoms with van der Waals surface area (Å²) in [6.45, 7) is 0.934. The third-order valence-corrected chi connectivity index (χ3v) is 2.90. The highest BCUT2D eigenvalue weighted by molar-refractivity contribution is 5.81. The summed E-state index contributed by atoms with van der Waals surface area (Å²) in [4.78, 5) is 0. The number of hydrogen-bond donors (Lipinski definition) is 2. The highest BCUT2D eigenvalue weighted by atomic mass is 19.4. The maximum atomic E-state index is 13.0. The Morgan fingerprint density at radius 3 is 2.58 bits per heavy atom. The van der Waals surface area contributed by atoms with Gasteiger partial charge in [0.25, 0.3) is 0 Å². The normalized spacial score (nSPS) is 12.2. The Balaban J connectivity index is 2.32. The van der Waals surface area contributed by atoms with Crippen LogP contribution in [0.3, 0.4) is 0 Å². The molecule has 0 aliphatic carbocycles. The molecule has 0 atom stereocenters. The molecule has 2 N–H and O–H groups in total. The summed E-state index contributed by atoms with van der Waals surface area (Å²) in [6, 6.07) is 7.96. The van der Waals surface area contributed by atoms with Gasteiger partial charge < -0.3 is 15.0 Å². The number of nitrogens with zero attached hydrogens (tertiary/aromatic N) is 1. The summed E-state index contributed by atoms with van der Waals surface area (Å²) in [7, 11) is 0. The number of aliphatic hydroxyl groups is 1. The van der Waals surface area contributed by atoms with Crippen LogP contribution in [-0.4, -0.2) is 29.4 Å². The van der Waals surface area contributed by atoms with Crippen LogP contribution in [0.15, 0.2) is 30.3 Å². The fourth-order valence-electron chi connectivity index (χ4n) is 2.08. The minimum atomic E-state index is -4.37. The van der Waals surface area contributed by atoms with Gasteiger partial charge in [-0.05, 0) is 12.1 Å². The van der Waals surface area contributed by atoms with Gasteiger partial charge in [-0.2, -0.15) is 13.2 Å². The second kappa shape index (κ2) is 5.63. The van der Waals surface area contributed by atoms with Gasteiger partial charge in [-0.3, -0.25) is 0 Å². The molecule has 104 valence electrons. The van der Waals surface area contributed by atoms with Gasteiger partial charge in [0.15, 0.2) is 0 Å². The molecular formula is C13H15F3N2O. The van der Waals surface area contributed by atoms with Crippen molar-refractivity contribution in [3.8, 4) is 0 Å². The van der Waals surface area contributed by atoms with Crippen LogP contribution in [0.1, 0.15) is 5.69 Å². The SMILES string of the molecule is OCCNCCn1c(C(F)(F)F)cc2ccccc21. The van der Waals surface area contributed by atoms with E-state index < -0.39 is 11.9 Å². The molecule has 0 saturated heterocycles. The Hall–Kier alpha value is -1.53. The lowest BCUT2D eigenvalue weighted by molar-refractivity contribution is -0.143. The zero-order valence-electron chi connectivity index (χ0n) is 10.2. The van der Waals surface area contributed by atoms with Gasteiger partial charge in [0.2, 0.25) is 0 Å². The first kappa shape index (κ1) is 13.9. The average molecular weight is 272 g/mol. The number of alkyl halides is 3. The molecule has 0 radical (unpaired) electrons. The first-order valence-corrected chi connectivity index (χ1v) is 6.01. The van der Waals surface area contributed by atoms with Crippen molar-refractivity contribution in [1.29, 1.82) is 0 Å². The van der Waals surface area contributed by atoms with E-state index in [0.29, 0.717) is 24.0 Å². The first-order valence-electron chi connectivity index (χ1n) is 6.01. The molecule has 2 rings (SSSR count). The van der Waals surface area contributed by atoms with Crippen LogP contribution in [0.5, 0.6) is 0 Å². The Morgan fingerprint density at radius 1 is 1.16 bits per heavy atom. The fourth-order valence-corrected chi connectivity index (χ4v) is 2.08. The number of benzene rings is 1. The second-order valence-corrected chi connectivity index (χ2v) is 4.21. The number of aliphatic hydroxyl groups excluding tert-OH is 1. The van der Waals surface area contributed by atoms with Crippen LogP contribution in [0, 0.1) is 0 Å². The van der Waals surface area contributed by atoms with Gasteiger partial charge in [0.05, 0.1) is 6.61 Å². The summed E-state index contributed by atoms with van der Waals surface area (Å²) < 4.78 is 40.2. The largest absolute Gasteiger partial charge is 0.431 e. The van der Waals surface area contributed by atoms with Crippen molar-refractivity contribution in [3.63, 3.8) is 0 Å². The van der Waals surface area contributed by atoms with Crippen molar-refractivity contribution in [2.45, 2.75) is 12.7 Å². The Bertz CT molecular complexity index is 548. The molecule has 0 amide bonds. The maximum absolute atomic E-state index is 13.0. The molecule has 1 aromatic heterocycles. The molecule has 2 aromatic rings. The second-order valence-electron chi connectivity index (χ2n) is 4.21. The number of halogens is 3. The predicted molar refractivity (Wildman–Crippen MR) is 66.9 cm³/mol. The molecule has 0 unspecified atom stereocenters. The lowest BCUT2D eigenvalue weighted by Gasteiger charge is -2.13. The molecule has 0 fully saturated rings. The van der Waals surface area contributed by atoms with Crippen LogP contribution in [0.25, 0.3) is 10.9 Å². The zero-order chi connectivity index (χ0) is 13.9. The van der Waals surface area contributed by atoms with Gasteiger partial charge in [-0.15, -0.1) is 0 Å². The quantitative estimate of drug-likeness (QED) is 0.819. The fraction of sp³-hybridized carbons (Fsp3) is 0.385. The summed E-state index contributed by atoms with van der Waals surface area (Å²) in [5.74, 6) is 0. The van der Waals surface area contributed by atoms with Crippen LogP contribution in [0.2, 0.25) is 0 Å². The van der Waals surface area contributed by atoms with E-state index in [4.69, 9.17) is 5.11 Å². The highest BCUT2D eigenvalue weighted by Crippen LogP contribution is 2.33. The van der Waals surface area contributed by atoms with Crippen LogP contribution in [0.4, 0.5) is 13.2 Å². The van der Waals surface area contributed by atoms with Gasteiger partial charge in [-0.1, -0.05) is 18.2 Å². The topological polar surface area (TPSA) is 37.2 Å². The van der Waals surface area contributed by atoms with E-state index in [1.165, 1.54) is 10.6 Å². The van der Waals surface area contributed by atoms with E-state index in [-0.39, 0.29) is 13.2 Å². The molecular weight excluding hydrogens is 257 g/mol. The molecule has 1 heterocycles. The van der Waals surface area contributed by atoms with Gasteiger partial charge in [0, 0.05) is 30.5 Å². The number of nitrogens with one attached hydrogen (secondary N) is 1. The summed E-state index contributed by atoms with van der Waals surface area (Å²) in [5, 5.41) is 12.1. The molecule has 0 aliphatic heterocycles. The first-order chi connectivity index (χ1) is 9.04. The van der Waals surface area contributed by atoms with Crippen molar-refractivity contribution in [1.82, 2.24) is 9.88 Å². The molecule has 0 bridgehead atoms. The molecule has 1 aromatic carbocycles. The molecule has 19 heavy (non-hydrogen) atoms. The smallest absolute Gasteiger partial charge is 0.395 e. The number of hydrogen-bond acceptors (Lipinski definition) is 2. The zero-order valence-corrected chi connectivity index (χ0v) is 10.2. The lowest BCUT2D eigenvalue weighted by atomic mass is 10.2. The Morgan fingerprint density at radius 2 is 1.89 bits per heavy atom. The monoisotopic (exact) mass is 272 g/mol. The summed E-state index contributed by atoms with van der Waals surface area (Å²) in [6.07, 6.45) is -4.37. The highest BCUT2D eigenvalue weighted by Gasteiger charge is 2.35. The van der Waals surface area contributed by atoms with Crippen molar-refractivity contribution in [2.24, 2.45) is 0 Å². The molecule has 3 nitrogen and oxygen atoms in total. The summed E-state index contributed by atoms with van der Waals surface area (Å²) >= 11 is 0. The third kappa shape index (κ3) is 3.08. The van der Waals surface area contributed by atoms with Gasteiger partial charge in [-0.25, -0.2) is 0 Å². The predicted octanol–water partition coefficient (Wildman–Crippen LogP) is 2.24. The number of fused-ring (bicyclic) bond motifs is 1. The van der Waals surface area contributed by atoms with E-state index in [2.05, 4.69) is 5.32 Å². The van der Waals surface area contributed by atoms with E-state index in [0.717, 1.165) is 0 Å². The standard InChI is InChI=1S/C13H15F3N2O/c14-13(15,16)12-9-10-3-1-2-4-11(10)18(12)7-5-17-6-8-19/h1-4,9,17,19H,5-8H2. The summed E-state index contributed by atoms with van der Waals surface area (Å²) in [5.41, 5.74) is -0.0693. The van der Waals surface area contributed by atoms with E-state index in [9.17, 15) is 13.2 Å². The minimum absolute atomic E-state index is 0.0292. The lowest BCUT2D eigenvalue weighted by Crippen LogP contribution is -2.25. The third-order valence-electron chi connectivity index (χ3n) is 2.90. The van der Waals surface area contributed by atoms with Gasteiger partial charge >= 0.3 is 6.18 Å². The Labute approximate surface area is 108 Å². The van der Waals surface area contributed by atoms with E-state index in [1.807, 2.05) is 0 Å². The molecule has 0 spiro atoms. The number of aromatic nitrogens is 1.